The van der Waals surface area contributed by atoms with Gasteiger partial charge in [-0.3, -0.25) is 19.7 Å². The largest absolute Gasteiger partial charge is 0.354 e. The Morgan fingerprint density at radius 2 is 1.69 bits per heavy atom. The van der Waals surface area contributed by atoms with Gasteiger partial charge in [-0.05, 0) is 29.7 Å². The van der Waals surface area contributed by atoms with E-state index in [1.54, 1.807) is 36.4 Å². The first-order chi connectivity index (χ1) is 16.9. The van der Waals surface area contributed by atoms with Crippen molar-refractivity contribution in [1.29, 1.82) is 0 Å². The Balaban J connectivity index is 2.00. The summed E-state index contributed by atoms with van der Waals surface area (Å²) in [4.78, 5) is 39.5. The quantitative estimate of drug-likeness (QED) is 0.302. The minimum absolute atomic E-state index is 0.126. The molecule has 0 spiro atoms. The summed E-state index contributed by atoms with van der Waals surface area (Å²) in [6.07, 6.45) is 0.853. The summed E-state index contributed by atoms with van der Waals surface area (Å²) in [5.74, 6) is -0.652. The van der Waals surface area contributed by atoms with Crippen LogP contribution in [0.15, 0.2) is 78.9 Å². The lowest BCUT2D eigenvalue weighted by atomic mass is 10.0. The number of para-hydroxylation sites is 1. The van der Waals surface area contributed by atoms with Crippen molar-refractivity contribution in [2.45, 2.75) is 38.8 Å². The van der Waals surface area contributed by atoms with E-state index in [0.29, 0.717) is 23.6 Å². The first kappa shape index (κ1) is 25.9. The fourth-order valence-electron chi connectivity index (χ4n) is 3.85. The number of hydrogen-bond acceptors (Lipinski definition) is 4. The second-order valence-corrected chi connectivity index (χ2v) is 8.65. The van der Waals surface area contributed by atoms with Crippen LogP contribution >= 0.6 is 11.6 Å². The van der Waals surface area contributed by atoms with Gasteiger partial charge in [0.05, 0.1) is 11.3 Å². The molecule has 1 N–H and O–H groups in total. The molecule has 0 saturated heterocycles. The summed E-state index contributed by atoms with van der Waals surface area (Å²) in [6.45, 7) is 2.57. The Labute approximate surface area is 209 Å². The predicted molar refractivity (Wildman–Crippen MR) is 136 cm³/mol. The zero-order valence-corrected chi connectivity index (χ0v) is 20.3. The highest BCUT2D eigenvalue weighted by Gasteiger charge is 2.31. The van der Waals surface area contributed by atoms with Gasteiger partial charge in [-0.25, -0.2) is 0 Å². The number of nitro groups is 1. The third-order valence-electron chi connectivity index (χ3n) is 5.59. The Morgan fingerprint density at radius 1 is 1.00 bits per heavy atom. The summed E-state index contributed by atoms with van der Waals surface area (Å²) in [7, 11) is 0. The molecular formula is C27H28ClN3O4. The van der Waals surface area contributed by atoms with Crippen LogP contribution in [-0.2, 0) is 29.0 Å². The van der Waals surface area contributed by atoms with Gasteiger partial charge in [0, 0.05) is 36.2 Å². The lowest BCUT2D eigenvalue weighted by Crippen LogP contribution is -2.51. The molecule has 0 heterocycles. The molecule has 0 aliphatic heterocycles. The van der Waals surface area contributed by atoms with Crippen LogP contribution in [-0.4, -0.2) is 34.2 Å². The molecule has 0 aromatic heterocycles. The van der Waals surface area contributed by atoms with Crippen LogP contribution in [0, 0.1) is 10.1 Å². The highest BCUT2D eigenvalue weighted by molar-refractivity contribution is 6.30. The molecular weight excluding hydrogens is 466 g/mol. The monoisotopic (exact) mass is 493 g/mol. The molecule has 3 aromatic carbocycles. The summed E-state index contributed by atoms with van der Waals surface area (Å²) in [5.41, 5.74) is 1.83. The van der Waals surface area contributed by atoms with Crippen molar-refractivity contribution in [3.05, 3.63) is 111 Å². The van der Waals surface area contributed by atoms with Crippen molar-refractivity contribution >= 4 is 29.1 Å². The minimum atomic E-state index is -0.807. The van der Waals surface area contributed by atoms with Crippen LogP contribution in [0.4, 0.5) is 5.69 Å². The molecule has 8 heteroatoms. The molecule has 1 atom stereocenters. The zero-order valence-electron chi connectivity index (χ0n) is 19.5. The molecule has 0 saturated carbocycles. The molecule has 0 fully saturated rings. The number of benzene rings is 3. The maximum Gasteiger partial charge on any atom is 0.273 e. The van der Waals surface area contributed by atoms with E-state index in [4.69, 9.17) is 11.6 Å². The third-order valence-corrected chi connectivity index (χ3v) is 5.83. The van der Waals surface area contributed by atoms with E-state index in [1.807, 2.05) is 43.3 Å². The average Bonchev–Trinajstić information content (AvgIpc) is 2.85. The zero-order chi connectivity index (χ0) is 25.2. The van der Waals surface area contributed by atoms with Gasteiger partial charge in [-0.15, -0.1) is 0 Å². The minimum Gasteiger partial charge on any atom is -0.354 e. The number of carbonyl (C=O) groups is 2. The summed E-state index contributed by atoms with van der Waals surface area (Å²) in [5, 5.41) is 14.9. The Hall–Kier alpha value is -3.71. The van der Waals surface area contributed by atoms with Gasteiger partial charge in [-0.2, -0.15) is 0 Å². The molecule has 3 aromatic rings. The molecule has 35 heavy (non-hydrogen) atoms. The predicted octanol–water partition coefficient (Wildman–Crippen LogP) is 4.96. The van der Waals surface area contributed by atoms with Gasteiger partial charge >= 0.3 is 0 Å². The molecule has 182 valence electrons. The summed E-state index contributed by atoms with van der Waals surface area (Å²) in [6, 6.07) is 21.9. The number of nitrogens with one attached hydrogen (secondary N) is 1. The normalized spacial score (nSPS) is 11.5. The number of amides is 2. The number of halogens is 1. The topological polar surface area (TPSA) is 92.6 Å². The van der Waals surface area contributed by atoms with Crippen molar-refractivity contribution in [3.8, 4) is 0 Å². The number of carbonyl (C=O) groups excluding carboxylic acids is 2. The Kier molecular flexibility index (Phi) is 9.38. The van der Waals surface area contributed by atoms with E-state index < -0.39 is 11.0 Å². The van der Waals surface area contributed by atoms with Crippen molar-refractivity contribution in [2.75, 3.05) is 6.54 Å². The summed E-state index contributed by atoms with van der Waals surface area (Å²) >= 11 is 6.18. The van der Waals surface area contributed by atoms with E-state index in [-0.39, 0.29) is 30.5 Å². The number of nitrogens with zero attached hydrogens (tertiary/aromatic N) is 2. The highest BCUT2D eigenvalue weighted by atomic mass is 35.5. The van der Waals surface area contributed by atoms with Gasteiger partial charge < -0.3 is 10.2 Å². The average molecular weight is 494 g/mol. The maximum absolute atomic E-state index is 13.7. The van der Waals surface area contributed by atoms with Crippen LogP contribution in [0.2, 0.25) is 5.02 Å². The highest BCUT2D eigenvalue weighted by Crippen LogP contribution is 2.22. The van der Waals surface area contributed by atoms with Gasteiger partial charge in [0.1, 0.15) is 6.04 Å². The fraction of sp³-hybridized carbons (Fsp3) is 0.259. The molecule has 7 nitrogen and oxygen atoms in total. The second-order valence-electron chi connectivity index (χ2n) is 8.21. The standard InChI is InChI=1S/C27H28ClN3O4/c1-2-15-29-27(33)25(17-20-9-4-3-5-10-20)30(19-21-11-8-13-23(28)16-21)26(32)18-22-12-6-7-14-24(22)31(34)35/h3-14,16,25H,2,15,17-19H2,1H3,(H,29,33)/t25-/m0/s1. The smallest absolute Gasteiger partial charge is 0.273 e. The van der Waals surface area contributed by atoms with Crippen molar-refractivity contribution in [1.82, 2.24) is 10.2 Å². The Morgan fingerprint density at radius 3 is 2.37 bits per heavy atom. The van der Waals surface area contributed by atoms with Gasteiger partial charge in [0.25, 0.3) is 5.69 Å². The van der Waals surface area contributed by atoms with E-state index in [9.17, 15) is 19.7 Å². The fourth-order valence-corrected chi connectivity index (χ4v) is 4.07. The van der Waals surface area contributed by atoms with Gasteiger partial charge in [-0.1, -0.05) is 79.2 Å². The van der Waals surface area contributed by atoms with E-state index in [2.05, 4.69) is 5.32 Å². The van der Waals surface area contributed by atoms with Crippen LogP contribution in [0.1, 0.15) is 30.0 Å². The summed E-state index contributed by atoms with van der Waals surface area (Å²) < 4.78 is 0. The molecule has 0 aliphatic carbocycles. The first-order valence-corrected chi connectivity index (χ1v) is 11.8. The lowest BCUT2D eigenvalue weighted by Gasteiger charge is -2.31. The van der Waals surface area contributed by atoms with Crippen LogP contribution < -0.4 is 5.32 Å². The number of hydrogen-bond donors (Lipinski definition) is 1. The molecule has 0 bridgehead atoms. The van der Waals surface area contributed by atoms with E-state index >= 15 is 0 Å². The van der Waals surface area contributed by atoms with Crippen LogP contribution in [0.5, 0.6) is 0 Å². The van der Waals surface area contributed by atoms with Gasteiger partial charge in [0.2, 0.25) is 11.8 Å². The third kappa shape index (κ3) is 7.39. The lowest BCUT2D eigenvalue weighted by molar-refractivity contribution is -0.385. The number of nitro benzene ring substituents is 1. The second kappa shape index (κ2) is 12.7. The molecule has 2 amide bonds. The maximum atomic E-state index is 13.7. The molecule has 0 aliphatic rings. The molecule has 0 unspecified atom stereocenters. The van der Waals surface area contributed by atoms with E-state index in [0.717, 1.165) is 17.5 Å². The van der Waals surface area contributed by atoms with Crippen LogP contribution in [0.25, 0.3) is 0 Å². The van der Waals surface area contributed by atoms with Crippen LogP contribution in [0.3, 0.4) is 0 Å². The van der Waals surface area contributed by atoms with Crippen molar-refractivity contribution in [2.24, 2.45) is 0 Å². The van der Waals surface area contributed by atoms with Gasteiger partial charge in [0.15, 0.2) is 0 Å². The first-order valence-electron chi connectivity index (χ1n) is 11.5. The molecule has 3 rings (SSSR count). The molecule has 0 radical (unpaired) electrons. The Bertz CT molecular complexity index is 1170. The van der Waals surface area contributed by atoms with E-state index in [1.165, 1.54) is 11.0 Å². The number of rotatable bonds is 11. The van der Waals surface area contributed by atoms with Crippen molar-refractivity contribution < 1.29 is 14.5 Å². The SMILES string of the molecule is CCCNC(=O)[C@H](Cc1ccccc1)N(Cc1cccc(Cl)c1)C(=O)Cc1ccccc1[N+](=O)[O-]. The van der Waals surface area contributed by atoms with Crippen molar-refractivity contribution in [3.63, 3.8) is 0 Å².